The average Bonchev–Trinajstić information content (AvgIpc) is 2.35. The summed E-state index contributed by atoms with van der Waals surface area (Å²) < 4.78 is 0. The molecule has 1 rings (SSSR count). The van der Waals surface area contributed by atoms with Gasteiger partial charge in [-0.25, -0.2) is 9.97 Å². The minimum absolute atomic E-state index is 0.735. The van der Waals surface area contributed by atoms with E-state index in [-0.39, 0.29) is 0 Å². The van der Waals surface area contributed by atoms with Gasteiger partial charge in [0.05, 0.1) is 0 Å². The lowest BCUT2D eigenvalue weighted by atomic mass is 9.96. The van der Waals surface area contributed by atoms with Crippen molar-refractivity contribution in [2.75, 3.05) is 20.1 Å². The van der Waals surface area contributed by atoms with Gasteiger partial charge in [0.25, 0.3) is 0 Å². The Hall–Kier alpha value is -0.960. The van der Waals surface area contributed by atoms with E-state index in [1.165, 1.54) is 38.0 Å². The van der Waals surface area contributed by atoms with Crippen LogP contribution in [0.15, 0.2) is 12.4 Å². The van der Waals surface area contributed by atoms with Crippen LogP contribution < -0.4 is 0 Å². The number of aromatic nitrogens is 2. The molecule has 0 saturated carbocycles. The second kappa shape index (κ2) is 8.20. The Morgan fingerprint density at radius 1 is 1.22 bits per heavy atom. The van der Waals surface area contributed by atoms with Crippen LogP contribution in [0.3, 0.4) is 0 Å². The van der Waals surface area contributed by atoms with Crippen molar-refractivity contribution >= 4 is 0 Å². The molecule has 18 heavy (non-hydrogen) atoms. The minimum atomic E-state index is 0.735. The molecular weight excluding hydrogens is 222 g/mol. The summed E-state index contributed by atoms with van der Waals surface area (Å²) in [6.07, 6.45) is 6.48. The standard InChI is InChI=1S/C15H27N3/c1-5-8-18(4)9-7-14(6-2)11-15-10-13(3)16-12-17-15/h10,12,14H,5-9,11H2,1-4H3. The third-order valence-electron chi connectivity index (χ3n) is 3.46. The monoisotopic (exact) mass is 249 g/mol. The van der Waals surface area contributed by atoms with Gasteiger partial charge in [-0.15, -0.1) is 0 Å². The fourth-order valence-corrected chi connectivity index (χ4v) is 2.26. The lowest BCUT2D eigenvalue weighted by molar-refractivity contribution is 0.295. The van der Waals surface area contributed by atoms with Crippen LogP contribution in [0.4, 0.5) is 0 Å². The van der Waals surface area contributed by atoms with E-state index in [1.807, 2.05) is 6.92 Å². The normalized spacial score (nSPS) is 12.9. The first kappa shape index (κ1) is 15.1. The molecule has 1 aromatic rings. The second-order valence-corrected chi connectivity index (χ2v) is 5.22. The van der Waals surface area contributed by atoms with E-state index in [1.54, 1.807) is 6.33 Å². The number of hydrogen-bond donors (Lipinski definition) is 0. The summed E-state index contributed by atoms with van der Waals surface area (Å²) in [7, 11) is 2.21. The molecule has 0 fully saturated rings. The number of hydrogen-bond acceptors (Lipinski definition) is 3. The van der Waals surface area contributed by atoms with Crippen molar-refractivity contribution in [1.29, 1.82) is 0 Å². The Kier molecular flexibility index (Phi) is 6.88. The van der Waals surface area contributed by atoms with Crippen molar-refractivity contribution in [3.05, 3.63) is 23.8 Å². The zero-order chi connectivity index (χ0) is 13.4. The molecule has 1 heterocycles. The van der Waals surface area contributed by atoms with Crippen LogP contribution in [-0.2, 0) is 6.42 Å². The number of aryl methyl sites for hydroxylation is 1. The van der Waals surface area contributed by atoms with Gasteiger partial charge in [-0.05, 0) is 58.3 Å². The maximum Gasteiger partial charge on any atom is 0.115 e. The van der Waals surface area contributed by atoms with E-state index in [4.69, 9.17) is 0 Å². The van der Waals surface area contributed by atoms with Gasteiger partial charge in [0.1, 0.15) is 6.33 Å². The molecule has 102 valence electrons. The molecule has 1 unspecified atom stereocenters. The van der Waals surface area contributed by atoms with Gasteiger partial charge in [-0.3, -0.25) is 0 Å². The van der Waals surface area contributed by atoms with Crippen molar-refractivity contribution < 1.29 is 0 Å². The van der Waals surface area contributed by atoms with E-state index >= 15 is 0 Å². The van der Waals surface area contributed by atoms with Gasteiger partial charge >= 0.3 is 0 Å². The Balaban J connectivity index is 2.42. The highest BCUT2D eigenvalue weighted by molar-refractivity contribution is 5.07. The molecule has 0 aliphatic carbocycles. The second-order valence-electron chi connectivity index (χ2n) is 5.22. The third kappa shape index (κ3) is 5.58. The lowest BCUT2D eigenvalue weighted by Crippen LogP contribution is -2.23. The first-order chi connectivity index (χ1) is 8.65. The smallest absolute Gasteiger partial charge is 0.115 e. The SMILES string of the molecule is CCCN(C)CCC(CC)Cc1cc(C)ncn1. The molecule has 0 saturated heterocycles. The van der Waals surface area contributed by atoms with Crippen LogP contribution in [0.5, 0.6) is 0 Å². The first-order valence-electron chi connectivity index (χ1n) is 7.11. The van der Waals surface area contributed by atoms with E-state index in [0.717, 1.165) is 18.0 Å². The molecule has 0 N–H and O–H groups in total. The van der Waals surface area contributed by atoms with E-state index < -0.39 is 0 Å². The molecule has 0 aromatic carbocycles. The highest BCUT2D eigenvalue weighted by Crippen LogP contribution is 2.15. The Bertz CT molecular complexity index is 338. The van der Waals surface area contributed by atoms with Crippen molar-refractivity contribution in [3.63, 3.8) is 0 Å². The quantitative estimate of drug-likeness (QED) is 0.709. The summed E-state index contributed by atoms with van der Waals surface area (Å²) in [4.78, 5) is 10.9. The van der Waals surface area contributed by atoms with Gasteiger partial charge in [-0.1, -0.05) is 20.3 Å². The van der Waals surface area contributed by atoms with Gasteiger partial charge < -0.3 is 4.90 Å². The maximum atomic E-state index is 4.37. The van der Waals surface area contributed by atoms with Crippen LogP contribution in [0, 0.1) is 12.8 Å². The summed E-state index contributed by atoms with van der Waals surface area (Å²) in [5.41, 5.74) is 2.26. The number of nitrogens with zero attached hydrogens (tertiary/aromatic N) is 3. The molecule has 3 nitrogen and oxygen atoms in total. The molecule has 3 heteroatoms. The van der Waals surface area contributed by atoms with Crippen LogP contribution in [0.2, 0.25) is 0 Å². The largest absolute Gasteiger partial charge is 0.306 e. The molecular formula is C15H27N3. The average molecular weight is 249 g/mol. The number of rotatable bonds is 8. The molecule has 0 bridgehead atoms. The third-order valence-corrected chi connectivity index (χ3v) is 3.46. The highest BCUT2D eigenvalue weighted by Gasteiger charge is 2.10. The maximum absolute atomic E-state index is 4.37. The van der Waals surface area contributed by atoms with Crippen molar-refractivity contribution in [2.45, 2.75) is 46.5 Å². The minimum Gasteiger partial charge on any atom is -0.306 e. The van der Waals surface area contributed by atoms with Crippen LogP contribution in [-0.4, -0.2) is 35.0 Å². The molecule has 0 radical (unpaired) electrons. The summed E-state index contributed by atoms with van der Waals surface area (Å²) in [5, 5.41) is 0. The predicted octanol–water partition coefficient (Wildman–Crippen LogP) is 3.09. The fraction of sp³-hybridized carbons (Fsp3) is 0.733. The summed E-state index contributed by atoms with van der Waals surface area (Å²) in [5.74, 6) is 0.735. The van der Waals surface area contributed by atoms with Gasteiger partial charge in [0.15, 0.2) is 0 Å². The molecule has 1 aromatic heterocycles. The van der Waals surface area contributed by atoms with Crippen molar-refractivity contribution in [2.24, 2.45) is 5.92 Å². The Labute approximate surface area is 112 Å². The van der Waals surface area contributed by atoms with E-state index in [9.17, 15) is 0 Å². The summed E-state index contributed by atoms with van der Waals surface area (Å²) in [6, 6.07) is 2.11. The zero-order valence-electron chi connectivity index (χ0n) is 12.3. The summed E-state index contributed by atoms with van der Waals surface area (Å²) >= 11 is 0. The van der Waals surface area contributed by atoms with Crippen LogP contribution >= 0.6 is 0 Å². The molecule has 0 spiro atoms. The Morgan fingerprint density at radius 2 is 2.00 bits per heavy atom. The molecule has 0 amide bonds. The van der Waals surface area contributed by atoms with Crippen molar-refractivity contribution in [3.8, 4) is 0 Å². The molecule has 0 aliphatic heterocycles. The lowest BCUT2D eigenvalue weighted by Gasteiger charge is -2.20. The van der Waals surface area contributed by atoms with E-state index in [2.05, 4.69) is 41.8 Å². The highest BCUT2D eigenvalue weighted by atomic mass is 15.1. The van der Waals surface area contributed by atoms with E-state index in [0.29, 0.717) is 0 Å². The molecule has 1 atom stereocenters. The van der Waals surface area contributed by atoms with Crippen molar-refractivity contribution in [1.82, 2.24) is 14.9 Å². The summed E-state index contributed by atoms with van der Waals surface area (Å²) in [6.45, 7) is 8.93. The van der Waals surface area contributed by atoms with Gasteiger partial charge in [0, 0.05) is 11.4 Å². The van der Waals surface area contributed by atoms with Gasteiger partial charge in [0.2, 0.25) is 0 Å². The van der Waals surface area contributed by atoms with Gasteiger partial charge in [-0.2, -0.15) is 0 Å². The fourth-order valence-electron chi connectivity index (χ4n) is 2.26. The Morgan fingerprint density at radius 3 is 2.61 bits per heavy atom. The zero-order valence-corrected chi connectivity index (χ0v) is 12.3. The van der Waals surface area contributed by atoms with Crippen LogP contribution in [0.1, 0.15) is 44.5 Å². The predicted molar refractivity (Wildman–Crippen MR) is 76.7 cm³/mol. The first-order valence-corrected chi connectivity index (χ1v) is 7.11. The van der Waals surface area contributed by atoms with Crippen LogP contribution in [0.25, 0.3) is 0 Å². The topological polar surface area (TPSA) is 29.0 Å². The molecule has 0 aliphatic rings.